The van der Waals surface area contributed by atoms with Crippen LogP contribution in [0, 0.1) is 0 Å². The van der Waals surface area contributed by atoms with Crippen molar-refractivity contribution in [2.24, 2.45) is 0 Å². The maximum absolute atomic E-state index is 2.31. The van der Waals surface area contributed by atoms with Gasteiger partial charge in [-0.3, -0.25) is 0 Å². The first kappa shape index (κ1) is 12.8. The highest BCUT2D eigenvalue weighted by atomic mass is 32.2. The van der Waals surface area contributed by atoms with E-state index in [4.69, 9.17) is 0 Å². The lowest BCUT2D eigenvalue weighted by atomic mass is 10.3. The summed E-state index contributed by atoms with van der Waals surface area (Å²) in [6.45, 7) is 8.82. The van der Waals surface area contributed by atoms with Gasteiger partial charge in [0.1, 0.15) is 0 Å². The lowest BCUT2D eigenvalue weighted by Gasteiger charge is -2.02. The summed E-state index contributed by atoms with van der Waals surface area (Å²) in [5.74, 6) is 2.37. The van der Waals surface area contributed by atoms with E-state index in [1.807, 2.05) is 11.8 Å². The fourth-order valence-electron chi connectivity index (χ4n) is 1.19. The van der Waals surface area contributed by atoms with Crippen LogP contribution in [-0.4, -0.2) is 11.5 Å². The zero-order valence-corrected chi connectivity index (χ0v) is 10.2. The van der Waals surface area contributed by atoms with Gasteiger partial charge >= 0.3 is 0 Å². The molecule has 0 unspecified atom stereocenters. The Balaban J connectivity index is 3.56. The normalized spacial score (nSPS) is 13.5. The fourth-order valence-corrected chi connectivity index (χ4v) is 2.17. The largest absolute Gasteiger partial charge is 0.153 e. The molecule has 0 aromatic rings. The first-order valence-corrected chi connectivity index (χ1v) is 6.25. The minimum atomic E-state index is 1.16. The molecule has 0 heterocycles. The molecule has 0 aliphatic rings. The Labute approximate surface area is 87.5 Å². The van der Waals surface area contributed by atoms with Crippen LogP contribution >= 0.6 is 11.8 Å². The van der Waals surface area contributed by atoms with Crippen molar-refractivity contribution in [1.29, 1.82) is 0 Å². The molecular weight excluding hydrogens is 176 g/mol. The standard InChI is InChI=1S/C12H22S/c1-5-7-11(3)9-13-10-12(4)8-6-2/h7-8H,5-6,9-10H2,1-4H3/b11-7+,12-8+. The predicted octanol–water partition coefficient (Wildman–Crippen LogP) is 4.43. The monoisotopic (exact) mass is 198 g/mol. The Kier molecular flexibility index (Phi) is 8.32. The van der Waals surface area contributed by atoms with Crippen LogP contribution < -0.4 is 0 Å². The quantitative estimate of drug-likeness (QED) is 0.569. The molecule has 0 fully saturated rings. The van der Waals surface area contributed by atoms with Crippen LogP contribution in [-0.2, 0) is 0 Å². The highest BCUT2D eigenvalue weighted by Gasteiger charge is 1.92. The zero-order chi connectivity index (χ0) is 10.1. The molecule has 0 nitrogen and oxygen atoms in total. The van der Waals surface area contributed by atoms with E-state index in [0.29, 0.717) is 0 Å². The van der Waals surface area contributed by atoms with Gasteiger partial charge in [-0.2, -0.15) is 11.8 Å². The topological polar surface area (TPSA) is 0 Å². The summed E-state index contributed by atoms with van der Waals surface area (Å²) < 4.78 is 0. The Morgan fingerprint density at radius 3 is 1.62 bits per heavy atom. The van der Waals surface area contributed by atoms with Gasteiger partial charge in [-0.05, 0) is 26.7 Å². The average molecular weight is 198 g/mol. The van der Waals surface area contributed by atoms with Gasteiger partial charge < -0.3 is 0 Å². The van der Waals surface area contributed by atoms with Crippen molar-refractivity contribution in [1.82, 2.24) is 0 Å². The SMILES string of the molecule is CC/C=C(\C)CSC/C(C)=C/CC. The van der Waals surface area contributed by atoms with E-state index in [2.05, 4.69) is 39.8 Å². The van der Waals surface area contributed by atoms with Gasteiger partial charge in [0.05, 0.1) is 0 Å². The minimum Gasteiger partial charge on any atom is -0.153 e. The van der Waals surface area contributed by atoms with E-state index < -0.39 is 0 Å². The van der Waals surface area contributed by atoms with Crippen LogP contribution in [0.25, 0.3) is 0 Å². The van der Waals surface area contributed by atoms with Crippen LogP contribution in [0.4, 0.5) is 0 Å². The van der Waals surface area contributed by atoms with E-state index in [1.165, 1.54) is 22.7 Å². The van der Waals surface area contributed by atoms with Gasteiger partial charge in [-0.15, -0.1) is 0 Å². The van der Waals surface area contributed by atoms with E-state index in [1.54, 1.807) is 0 Å². The molecule has 0 spiro atoms. The summed E-state index contributed by atoms with van der Waals surface area (Å²) in [5.41, 5.74) is 3.02. The molecule has 0 aromatic carbocycles. The summed E-state index contributed by atoms with van der Waals surface area (Å²) in [5, 5.41) is 0. The maximum atomic E-state index is 2.31. The summed E-state index contributed by atoms with van der Waals surface area (Å²) in [4.78, 5) is 0. The first-order valence-electron chi connectivity index (χ1n) is 5.09. The first-order chi connectivity index (χ1) is 6.20. The highest BCUT2D eigenvalue weighted by molar-refractivity contribution is 7.99. The lowest BCUT2D eigenvalue weighted by molar-refractivity contribution is 1.17. The van der Waals surface area contributed by atoms with Gasteiger partial charge in [-0.1, -0.05) is 37.1 Å². The van der Waals surface area contributed by atoms with Crippen LogP contribution in [0.2, 0.25) is 0 Å². The van der Waals surface area contributed by atoms with Crippen molar-refractivity contribution in [2.75, 3.05) is 11.5 Å². The van der Waals surface area contributed by atoms with E-state index in [0.717, 1.165) is 12.8 Å². The third kappa shape index (κ3) is 8.17. The molecule has 0 aliphatic carbocycles. The van der Waals surface area contributed by atoms with Crippen molar-refractivity contribution in [3.8, 4) is 0 Å². The zero-order valence-electron chi connectivity index (χ0n) is 9.39. The molecule has 0 radical (unpaired) electrons. The van der Waals surface area contributed by atoms with Crippen LogP contribution in [0.5, 0.6) is 0 Å². The van der Waals surface area contributed by atoms with Crippen LogP contribution in [0.15, 0.2) is 23.3 Å². The summed E-state index contributed by atoms with van der Waals surface area (Å²) >= 11 is 2.01. The van der Waals surface area contributed by atoms with Gasteiger partial charge in [0, 0.05) is 11.5 Å². The average Bonchev–Trinajstić information content (AvgIpc) is 2.05. The van der Waals surface area contributed by atoms with Crippen molar-refractivity contribution in [3.05, 3.63) is 23.3 Å². The Bertz CT molecular complexity index is 158. The molecule has 0 amide bonds. The molecule has 0 N–H and O–H groups in total. The number of rotatable bonds is 6. The van der Waals surface area contributed by atoms with E-state index in [-0.39, 0.29) is 0 Å². The van der Waals surface area contributed by atoms with Crippen molar-refractivity contribution in [3.63, 3.8) is 0 Å². The molecular formula is C12H22S. The summed E-state index contributed by atoms with van der Waals surface area (Å²) in [6.07, 6.45) is 6.95. The third-order valence-corrected chi connectivity index (χ3v) is 3.08. The van der Waals surface area contributed by atoms with Gasteiger partial charge in [-0.25, -0.2) is 0 Å². The predicted molar refractivity (Wildman–Crippen MR) is 65.4 cm³/mol. The fraction of sp³-hybridized carbons (Fsp3) is 0.667. The molecule has 0 atom stereocenters. The maximum Gasteiger partial charge on any atom is 0.0143 e. The molecule has 0 saturated carbocycles. The number of thioether (sulfide) groups is 1. The third-order valence-electron chi connectivity index (χ3n) is 1.76. The Morgan fingerprint density at radius 1 is 0.923 bits per heavy atom. The number of hydrogen-bond donors (Lipinski definition) is 0. The molecule has 1 heteroatoms. The number of allylic oxidation sites excluding steroid dienone is 2. The Hall–Kier alpha value is -0.170. The molecule has 0 bridgehead atoms. The second kappa shape index (κ2) is 8.43. The molecule has 0 rings (SSSR count). The van der Waals surface area contributed by atoms with E-state index in [9.17, 15) is 0 Å². The molecule has 0 aliphatic heterocycles. The Morgan fingerprint density at radius 2 is 1.31 bits per heavy atom. The lowest BCUT2D eigenvalue weighted by Crippen LogP contribution is -1.86. The van der Waals surface area contributed by atoms with Crippen molar-refractivity contribution in [2.45, 2.75) is 40.5 Å². The summed E-state index contributed by atoms with van der Waals surface area (Å²) in [7, 11) is 0. The summed E-state index contributed by atoms with van der Waals surface area (Å²) in [6, 6.07) is 0. The molecule has 13 heavy (non-hydrogen) atoms. The van der Waals surface area contributed by atoms with Crippen molar-refractivity contribution >= 4 is 11.8 Å². The second-order valence-corrected chi connectivity index (χ2v) is 4.40. The van der Waals surface area contributed by atoms with Crippen molar-refractivity contribution < 1.29 is 0 Å². The van der Waals surface area contributed by atoms with Gasteiger partial charge in [0.15, 0.2) is 0 Å². The van der Waals surface area contributed by atoms with E-state index >= 15 is 0 Å². The number of hydrogen-bond acceptors (Lipinski definition) is 1. The van der Waals surface area contributed by atoms with Crippen LogP contribution in [0.1, 0.15) is 40.5 Å². The van der Waals surface area contributed by atoms with Crippen LogP contribution in [0.3, 0.4) is 0 Å². The molecule has 76 valence electrons. The minimum absolute atomic E-state index is 1.16. The second-order valence-electron chi connectivity index (χ2n) is 3.41. The van der Waals surface area contributed by atoms with Gasteiger partial charge in [0.2, 0.25) is 0 Å². The molecule has 0 saturated heterocycles. The smallest absolute Gasteiger partial charge is 0.0143 e. The molecule has 0 aromatic heterocycles. The van der Waals surface area contributed by atoms with Gasteiger partial charge in [0.25, 0.3) is 0 Å². The highest BCUT2D eigenvalue weighted by Crippen LogP contribution is 2.12.